The van der Waals surface area contributed by atoms with Crippen molar-refractivity contribution in [1.82, 2.24) is 19.8 Å². The molecule has 1 aromatic heterocycles. The van der Waals surface area contributed by atoms with E-state index in [2.05, 4.69) is 24.1 Å². The molecule has 0 aliphatic heterocycles. The molecule has 1 unspecified atom stereocenters. The van der Waals surface area contributed by atoms with Crippen molar-refractivity contribution in [2.75, 3.05) is 19.6 Å². The maximum absolute atomic E-state index is 13.5. The number of rotatable bonds is 23. The summed E-state index contributed by atoms with van der Waals surface area (Å²) in [5.41, 5.74) is -1.62. The number of carbonyl (C=O) groups excluding carboxylic acids is 3. The zero-order chi connectivity index (χ0) is 34.8. The van der Waals surface area contributed by atoms with Gasteiger partial charge in [-0.2, -0.15) is 0 Å². The van der Waals surface area contributed by atoms with E-state index in [-0.39, 0.29) is 31.6 Å². The Bertz CT molecular complexity index is 1040. The Kier molecular flexibility index (Phi) is 18.1. The van der Waals surface area contributed by atoms with Gasteiger partial charge in [0.25, 0.3) is 0 Å². The molecule has 2 N–H and O–H groups in total. The zero-order valence-corrected chi connectivity index (χ0v) is 29.9. The van der Waals surface area contributed by atoms with E-state index in [0.717, 1.165) is 70.2 Å². The van der Waals surface area contributed by atoms with Gasteiger partial charge in [0.05, 0.1) is 0 Å². The van der Waals surface area contributed by atoms with Gasteiger partial charge in [-0.15, -0.1) is 0 Å². The largest absolute Gasteiger partial charge is 0.481 e. The molecule has 0 fully saturated rings. The van der Waals surface area contributed by atoms with Crippen LogP contribution in [0.25, 0.3) is 0 Å². The van der Waals surface area contributed by atoms with Gasteiger partial charge in [0.1, 0.15) is 36.7 Å². The molecule has 46 heavy (non-hydrogen) atoms. The molecule has 1 amide bonds. The molecule has 11 nitrogen and oxygen atoms in total. The quantitative estimate of drug-likeness (QED) is 0.107. The minimum atomic E-state index is -0.727. The standard InChI is InChI=1S/C35H62N4O7/c1-9-20-35(10-2,37-21-18-16-14-12-11-13-15-17-19-30(41)42)24-28-36-22-23-38(28)25-29(40)39(26-31(43)45-33(3,4)5)27-32(44)46-34(6,7)8/h22-23,37H,9-21,24-27H2,1-8H3,(H,41,42). The van der Waals surface area contributed by atoms with Gasteiger partial charge in [-0.25, -0.2) is 4.98 Å². The molecular weight excluding hydrogens is 588 g/mol. The fraction of sp³-hybridized carbons (Fsp3) is 0.800. The maximum atomic E-state index is 13.5. The van der Waals surface area contributed by atoms with Crippen LogP contribution in [0.5, 0.6) is 0 Å². The Morgan fingerprint density at radius 1 is 0.848 bits per heavy atom. The minimum absolute atomic E-state index is 0.0663. The van der Waals surface area contributed by atoms with E-state index in [0.29, 0.717) is 6.42 Å². The van der Waals surface area contributed by atoms with Crippen molar-refractivity contribution in [3.63, 3.8) is 0 Å². The van der Waals surface area contributed by atoms with Crippen LogP contribution in [0.2, 0.25) is 0 Å². The fourth-order valence-corrected chi connectivity index (χ4v) is 5.45. The molecular formula is C35H62N4O7. The first kappa shape index (κ1) is 41.1. The highest BCUT2D eigenvalue weighted by Crippen LogP contribution is 2.23. The third-order valence-corrected chi connectivity index (χ3v) is 7.66. The summed E-state index contributed by atoms with van der Waals surface area (Å²) in [6, 6.07) is 0. The number of aromatic nitrogens is 2. The molecule has 1 atom stereocenters. The molecule has 11 heteroatoms. The lowest BCUT2D eigenvalue weighted by atomic mass is 9.86. The zero-order valence-electron chi connectivity index (χ0n) is 29.9. The predicted molar refractivity (Wildman–Crippen MR) is 179 cm³/mol. The maximum Gasteiger partial charge on any atom is 0.326 e. The van der Waals surface area contributed by atoms with Crippen LogP contribution in [0.4, 0.5) is 0 Å². The van der Waals surface area contributed by atoms with E-state index in [1.807, 2.05) is 0 Å². The molecule has 1 aromatic rings. The van der Waals surface area contributed by atoms with E-state index in [1.54, 1.807) is 58.5 Å². The van der Waals surface area contributed by atoms with Gasteiger partial charge in [0.2, 0.25) is 5.91 Å². The summed E-state index contributed by atoms with van der Waals surface area (Å²) in [4.78, 5) is 55.3. The van der Waals surface area contributed by atoms with Crippen molar-refractivity contribution in [2.24, 2.45) is 0 Å². The minimum Gasteiger partial charge on any atom is -0.481 e. The van der Waals surface area contributed by atoms with E-state index in [9.17, 15) is 19.2 Å². The Labute approximate surface area is 277 Å². The number of imidazole rings is 1. The van der Waals surface area contributed by atoms with Crippen LogP contribution in [-0.4, -0.2) is 79.7 Å². The summed E-state index contributed by atoms with van der Waals surface area (Å²) in [6.45, 7) is 15.0. The van der Waals surface area contributed by atoms with Crippen LogP contribution in [0.15, 0.2) is 12.4 Å². The number of nitrogens with one attached hydrogen (secondary N) is 1. The van der Waals surface area contributed by atoms with Crippen LogP contribution in [0.3, 0.4) is 0 Å². The van der Waals surface area contributed by atoms with E-state index in [4.69, 9.17) is 14.6 Å². The normalized spacial score (nSPS) is 13.2. The molecule has 0 aliphatic carbocycles. The first-order valence-electron chi connectivity index (χ1n) is 17.2. The molecule has 1 rings (SSSR count). The number of carboxylic acid groups (broad SMARTS) is 1. The topological polar surface area (TPSA) is 140 Å². The van der Waals surface area contributed by atoms with Crippen molar-refractivity contribution < 1.29 is 33.8 Å². The number of hydrogen-bond donors (Lipinski definition) is 2. The Hall–Kier alpha value is -2.95. The van der Waals surface area contributed by atoms with Gasteiger partial charge in [0, 0.05) is 30.8 Å². The first-order valence-corrected chi connectivity index (χ1v) is 17.2. The monoisotopic (exact) mass is 650 g/mol. The molecule has 264 valence electrons. The Morgan fingerprint density at radius 3 is 1.85 bits per heavy atom. The number of amides is 1. The Morgan fingerprint density at radius 2 is 1.37 bits per heavy atom. The van der Waals surface area contributed by atoms with Crippen molar-refractivity contribution in [1.29, 1.82) is 0 Å². The molecule has 0 aromatic carbocycles. The lowest BCUT2D eigenvalue weighted by Crippen LogP contribution is -2.48. The van der Waals surface area contributed by atoms with Crippen LogP contribution in [-0.2, 0) is 41.6 Å². The van der Waals surface area contributed by atoms with E-state index >= 15 is 0 Å². The van der Waals surface area contributed by atoms with Gasteiger partial charge in [0.15, 0.2) is 0 Å². The van der Waals surface area contributed by atoms with Crippen LogP contribution in [0.1, 0.15) is 138 Å². The molecule has 0 saturated heterocycles. The number of nitrogens with zero attached hydrogens (tertiary/aromatic N) is 3. The molecule has 1 heterocycles. The second-order valence-electron chi connectivity index (χ2n) is 14.4. The van der Waals surface area contributed by atoms with Gasteiger partial charge in [-0.05, 0) is 73.8 Å². The van der Waals surface area contributed by atoms with Gasteiger partial charge in [-0.1, -0.05) is 58.8 Å². The van der Waals surface area contributed by atoms with Gasteiger partial charge >= 0.3 is 17.9 Å². The number of esters is 2. The molecule has 0 spiro atoms. The van der Waals surface area contributed by atoms with Crippen molar-refractivity contribution in [3.8, 4) is 0 Å². The number of aliphatic carboxylic acids is 1. The van der Waals surface area contributed by atoms with Crippen molar-refractivity contribution in [2.45, 2.75) is 162 Å². The Balaban J connectivity index is 2.83. The number of unbranched alkanes of at least 4 members (excludes halogenated alkanes) is 7. The summed E-state index contributed by atoms with van der Waals surface area (Å²) in [7, 11) is 0. The third-order valence-electron chi connectivity index (χ3n) is 7.66. The molecule has 0 radical (unpaired) electrons. The summed E-state index contributed by atoms with van der Waals surface area (Å²) < 4.78 is 12.7. The second-order valence-corrected chi connectivity index (χ2v) is 14.4. The summed E-state index contributed by atoms with van der Waals surface area (Å²) in [5, 5.41) is 12.6. The highest BCUT2D eigenvalue weighted by Gasteiger charge is 2.30. The number of ether oxygens (including phenoxy) is 2. The number of hydrogen-bond acceptors (Lipinski definition) is 8. The number of carboxylic acids is 1. The second kappa shape index (κ2) is 20.3. The molecule has 0 bridgehead atoms. The van der Waals surface area contributed by atoms with E-state index < -0.39 is 35.0 Å². The fourth-order valence-electron chi connectivity index (χ4n) is 5.45. The first-order chi connectivity index (χ1) is 21.5. The van der Waals surface area contributed by atoms with E-state index in [1.165, 1.54) is 17.7 Å². The van der Waals surface area contributed by atoms with Crippen LogP contribution < -0.4 is 5.32 Å². The SMILES string of the molecule is CCCC(CC)(Cc1nccn1CC(=O)N(CC(=O)OC(C)(C)C)CC(=O)OC(C)(C)C)NCCCCCCCCCCC(=O)O. The third kappa shape index (κ3) is 18.3. The lowest BCUT2D eigenvalue weighted by molar-refractivity contribution is -0.164. The summed E-state index contributed by atoms with van der Waals surface area (Å²) in [6.07, 6.45) is 15.8. The van der Waals surface area contributed by atoms with Crippen molar-refractivity contribution in [3.05, 3.63) is 18.2 Å². The highest BCUT2D eigenvalue weighted by molar-refractivity contribution is 5.86. The highest BCUT2D eigenvalue weighted by atomic mass is 16.6. The van der Waals surface area contributed by atoms with Gasteiger partial charge < -0.3 is 29.4 Å². The average Bonchev–Trinajstić information content (AvgIpc) is 3.34. The molecule has 0 aliphatic rings. The number of carbonyl (C=O) groups is 4. The van der Waals surface area contributed by atoms with Gasteiger partial charge in [-0.3, -0.25) is 19.2 Å². The lowest BCUT2D eigenvalue weighted by Gasteiger charge is -2.34. The van der Waals surface area contributed by atoms with Crippen molar-refractivity contribution >= 4 is 23.8 Å². The average molecular weight is 651 g/mol. The summed E-state index contributed by atoms with van der Waals surface area (Å²) >= 11 is 0. The summed E-state index contributed by atoms with van der Waals surface area (Å²) in [5.74, 6) is -1.53. The smallest absolute Gasteiger partial charge is 0.326 e. The van der Waals surface area contributed by atoms with Crippen LogP contribution >= 0.6 is 0 Å². The molecule has 0 saturated carbocycles. The predicted octanol–water partition coefficient (Wildman–Crippen LogP) is 6.07. The van der Waals surface area contributed by atoms with Crippen LogP contribution in [0, 0.1) is 0 Å².